The summed E-state index contributed by atoms with van der Waals surface area (Å²) in [7, 11) is 3.69. The van der Waals surface area contributed by atoms with Gasteiger partial charge < -0.3 is 9.47 Å². The van der Waals surface area contributed by atoms with Crippen LogP contribution < -0.4 is 0 Å². The van der Waals surface area contributed by atoms with E-state index in [-0.39, 0.29) is 5.60 Å². The van der Waals surface area contributed by atoms with Gasteiger partial charge in [-0.25, -0.2) is 0 Å². The number of unbranched alkanes of at least 4 members (excludes halogenated alkanes) is 11. The highest BCUT2D eigenvalue weighted by atomic mass is 16.5. The van der Waals surface area contributed by atoms with E-state index in [4.69, 9.17) is 9.47 Å². The Kier molecular flexibility index (Phi) is 21.8. The molecule has 0 heterocycles. The van der Waals surface area contributed by atoms with Crippen molar-refractivity contribution in [1.29, 1.82) is 0 Å². The number of ether oxygens (including phenoxy) is 2. The summed E-state index contributed by atoms with van der Waals surface area (Å²) < 4.78 is 11.4. The molecule has 2 aromatic carbocycles. The summed E-state index contributed by atoms with van der Waals surface area (Å²) >= 11 is 0. The average molecular weight is 553 g/mol. The summed E-state index contributed by atoms with van der Waals surface area (Å²) in [6.45, 7) is 9.01. The Morgan fingerprint density at radius 2 is 0.975 bits per heavy atom. The molecule has 0 amide bonds. The predicted molar refractivity (Wildman–Crippen MR) is 176 cm³/mol. The van der Waals surface area contributed by atoms with E-state index >= 15 is 0 Å². The highest BCUT2D eigenvalue weighted by Crippen LogP contribution is 2.29. The van der Waals surface area contributed by atoms with Crippen molar-refractivity contribution >= 4 is 0 Å². The second kappa shape index (κ2) is 24.0. The Morgan fingerprint density at radius 1 is 0.550 bits per heavy atom. The van der Waals surface area contributed by atoms with Crippen LogP contribution in [0.3, 0.4) is 0 Å². The van der Waals surface area contributed by atoms with Gasteiger partial charge in [0.15, 0.2) is 0 Å². The fourth-order valence-corrected chi connectivity index (χ4v) is 5.44. The van der Waals surface area contributed by atoms with Crippen molar-refractivity contribution in [2.75, 3.05) is 14.2 Å². The van der Waals surface area contributed by atoms with Gasteiger partial charge in [0.1, 0.15) is 0 Å². The number of methoxy groups -OCH3 is 2. The molecule has 0 aliphatic carbocycles. The molecule has 0 fully saturated rings. The van der Waals surface area contributed by atoms with Crippen molar-refractivity contribution in [2.45, 2.75) is 149 Å². The lowest BCUT2D eigenvalue weighted by Crippen LogP contribution is -2.34. The molecular weight excluding hydrogens is 488 g/mol. The minimum absolute atomic E-state index is 0.0424. The van der Waals surface area contributed by atoms with E-state index in [1.54, 1.807) is 0 Å². The van der Waals surface area contributed by atoms with Crippen LogP contribution in [0.1, 0.15) is 135 Å². The first kappa shape index (κ1) is 36.4. The Bertz CT molecular complexity index is 786. The molecule has 0 spiro atoms. The van der Waals surface area contributed by atoms with Crippen molar-refractivity contribution in [3.05, 3.63) is 71.8 Å². The fraction of sp³-hybridized carbons (Fsp3) is 0.684. The largest absolute Gasteiger partial charge is 0.381 e. The van der Waals surface area contributed by atoms with Gasteiger partial charge >= 0.3 is 0 Å². The first-order valence-electron chi connectivity index (χ1n) is 16.6. The molecule has 2 nitrogen and oxygen atoms in total. The number of benzene rings is 2. The van der Waals surface area contributed by atoms with Crippen molar-refractivity contribution in [2.24, 2.45) is 5.92 Å². The SMILES string of the molecule is CCCCCCCCC(Cc1ccccc1)C(C)(C)OC.CCCCCCCCCC(Cc1ccccc1)OC. The van der Waals surface area contributed by atoms with Crippen LogP contribution in [0.15, 0.2) is 60.7 Å². The van der Waals surface area contributed by atoms with Gasteiger partial charge in [-0.15, -0.1) is 0 Å². The molecule has 0 bridgehead atoms. The lowest BCUT2D eigenvalue weighted by Gasteiger charge is -2.33. The van der Waals surface area contributed by atoms with Crippen LogP contribution >= 0.6 is 0 Å². The minimum Gasteiger partial charge on any atom is -0.381 e. The quantitative estimate of drug-likeness (QED) is 0.135. The molecule has 40 heavy (non-hydrogen) atoms. The molecule has 2 atom stereocenters. The maximum atomic E-state index is 5.77. The molecule has 0 N–H and O–H groups in total. The molecular formula is C38H64O2. The average Bonchev–Trinajstić information content (AvgIpc) is 2.98. The molecule has 0 radical (unpaired) electrons. The highest BCUT2D eigenvalue weighted by Gasteiger charge is 2.28. The lowest BCUT2D eigenvalue weighted by atomic mass is 9.81. The normalized spacial score (nSPS) is 12.9. The van der Waals surface area contributed by atoms with E-state index in [1.165, 1.54) is 107 Å². The zero-order valence-electron chi connectivity index (χ0n) is 27.3. The lowest BCUT2D eigenvalue weighted by molar-refractivity contribution is -0.0315. The topological polar surface area (TPSA) is 18.5 Å². The smallest absolute Gasteiger partial charge is 0.0653 e. The van der Waals surface area contributed by atoms with E-state index in [0.29, 0.717) is 12.0 Å². The summed E-state index contributed by atoms with van der Waals surface area (Å²) in [5.74, 6) is 0.594. The van der Waals surface area contributed by atoms with Crippen molar-refractivity contribution in [3.8, 4) is 0 Å². The zero-order chi connectivity index (χ0) is 29.3. The van der Waals surface area contributed by atoms with Gasteiger partial charge in [-0.2, -0.15) is 0 Å². The van der Waals surface area contributed by atoms with Crippen molar-refractivity contribution in [1.82, 2.24) is 0 Å². The Balaban J connectivity index is 0.000000402. The molecule has 2 heteroatoms. The van der Waals surface area contributed by atoms with E-state index in [0.717, 1.165) is 12.8 Å². The standard InChI is InChI=1S/C20H34O.C18H30O/c1-5-6-7-8-9-13-16-19(20(2,3)21-4)17-18-14-11-10-12-15-18;1-3-4-5-6-7-8-12-15-18(19-2)16-17-13-10-9-11-14-17/h10-12,14-15,19H,5-9,13,16-17H2,1-4H3;9-11,13-14,18H,3-8,12,15-16H2,1-2H3. The molecule has 0 aliphatic heterocycles. The Labute approximate surface area is 249 Å². The molecule has 0 aliphatic rings. The zero-order valence-corrected chi connectivity index (χ0v) is 27.3. The molecule has 228 valence electrons. The minimum atomic E-state index is -0.0424. The summed E-state index contributed by atoms with van der Waals surface area (Å²) in [6, 6.07) is 21.5. The van der Waals surface area contributed by atoms with E-state index < -0.39 is 0 Å². The molecule has 0 saturated heterocycles. The molecule has 0 saturated carbocycles. The van der Waals surface area contributed by atoms with Crippen molar-refractivity contribution < 1.29 is 9.47 Å². The molecule has 2 aromatic rings. The van der Waals surface area contributed by atoms with Gasteiger partial charge in [-0.1, -0.05) is 158 Å². The third-order valence-corrected chi connectivity index (χ3v) is 8.51. The number of hydrogen-bond acceptors (Lipinski definition) is 2. The monoisotopic (exact) mass is 552 g/mol. The van der Waals surface area contributed by atoms with Crippen LogP contribution in [0.5, 0.6) is 0 Å². The first-order valence-corrected chi connectivity index (χ1v) is 16.6. The molecule has 2 rings (SSSR count). The van der Waals surface area contributed by atoms with Gasteiger partial charge in [0.05, 0.1) is 11.7 Å². The van der Waals surface area contributed by atoms with Gasteiger partial charge in [0.25, 0.3) is 0 Å². The Morgan fingerprint density at radius 3 is 1.43 bits per heavy atom. The predicted octanol–water partition coefficient (Wildman–Crippen LogP) is 11.4. The fourth-order valence-electron chi connectivity index (χ4n) is 5.44. The van der Waals surface area contributed by atoms with Crippen LogP contribution in [-0.2, 0) is 22.3 Å². The van der Waals surface area contributed by atoms with Gasteiger partial charge in [0.2, 0.25) is 0 Å². The van der Waals surface area contributed by atoms with Crippen LogP contribution in [0.4, 0.5) is 0 Å². The van der Waals surface area contributed by atoms with Crippen LogP contribution in [0.2, 0.25) is 0 Å². The van der Waals surface area contributed by atoms with Gasteiger partial charge in [-0.05, 0) is 56.6 Å². The summed E-state index contributed by atoms with van der Waals surface area (Å²) in [5, 5.41) is 0. The number of hydrogen-bond donors (Lipinski definition) is 0. The second-order valence-corrected chi connectivity index (χ2v) is 12.2. The highest BCUT2D eigenvalue weighted by molar-refractivity contribution is 5.16. The molecule has 2 unspecified atom stereocenters. The second-order valence-electron chi connectivity index (χ2n) is 12.2. The Hall–Kier alpha value is -1.64. The maximum absolute atomic E-state index is 5.77. The first-order chi connectivity index (χ1) is 19.5. The van der Waals surface area contributed by atoms with E-state index in [9.17, 15) is 0 Å². The van der Waals surface area contributed by atoms with Crippen LogP contribution in [0, 0.1) is 5.92 Å². The third kappa shape index (κ3) is 17.9. The van der Waals surface area contributed by atoms with Crippen molar-refractivity contribution in [3.63, 3.8) is 0 Å². The van der Waals surface area contributed by atoms with E-state index in [1.807, 2.05) is 14.2 Å². The maximum Gasteiger partial charge on any atom is 0.0653 e. The molecule has 0 aromatic heterocycles. The van der Waals surface area contributed by atoms with Gasteiger partial charge in [0, 0.05) is 14.2 Å². The summed E-state index contributed by atoms with van der Waals surface area (Å²) in [4.78, 5) is 0. The van der Waals surface area contributed by atoms with Crippen LogP contribution in [0.25, 0.3) is 0 Å². The third-order valence-electron chi connectivity index (χ3n) is 8.51. The van der Waals surface area contributed by atoms with Gasteiger partial charge in [-0.3, -0.25) is 0 Å². The van der Waals surface area contributed by atoms with Crippen LogP contribution in [-0.4, -0.2) is 25.9 Å². The van der Waals surface area contributed by atoms with E-state index in [2.05, 4.69) is 88.4 Å². The summed E-state index contributed by atoms with van der Waals surface area (Å²) in [6.07, 6.45) is 22.8. The summed E-state index contributed by atoms with van der Waals surface area (Å²) in [5.41, 5.74) is 2.77. The number of rotatable bonds is 22.